The number of amides is 1. The van der Waals surface area contributed by atoms with Crippen LogP contribution in [-0.2, 0) is 6.42 Å². The fourth-order valence-electron chi connectivity index (χ4n) is 3.25. The van der Waals surface area contributed by atoms with Gasteiger partial charge in [0, 0.05) is 18.8 Å². The lowest BCUT2D eigenvalue weighted by molar-refractivity contribution is 0.0603. The summed E-state index contributed by atoms with van der Waals surface area (Å²) in [5.41, 5.74) is 2.90. The number of H-pyrrole nitrogens is 1. The van der Waals surface area contributed by atoms with Crippen molar-refractivity contribution in [1.82, 2.24) is 9.88 Å². The number of benzene rings is 1. The van der Waals surface area contributed by atoms with Crippen molar-refractivity contribution in [3.05, 3.63) is 69.6 Å². The summed E-state index contributed by atoms with van der Waals surface area (Å²) in [6, 6.07) is 11.4. The van der Waals surface area contributed by atoms with Crippen LogP contribution in [-0.4, -0.2) is 22.3 Å². The molecule has 0 radical (unpaired) electrons. The van der Waals surface area contributed by atoms with Gasteiger partial charge in [-0.15, -0.1) is 0 Å². The third kappa shape index (κ3) is 2.56. The van der Waals surface area contributed by atoms with Crippen LogP contribution in [0.2, 0.25) is 0 Å². The average Bonchev–Trinajstić information content (AvgIpc) is 2.53. The second-order valence-corrected chi connectivity index (χ2v) is 6.08. The topological polar surface area (TPSA) is 53.2 Å². The molecule has 1 aromatic heterocycles. The first-order valence-electron chi connectivity index (χ1n) is 7.65. The Hall–Kier alpha value is -2.36. The van der Waals surface area contributed by atoms with Crippen LogP contribution in [0.5, 0.6) is 0 Å². The Bertz CT molecular complexity index is 728. The molecule has 114 valence electrons. The van der Waals surface area contributed by atoms with Gasteiger partial charge in [-0.1, -0.05) is 38.1 Å². The van der Waals surface area contributed by atoms with Crippen LogP contribution in [0.3, 0.4) is 0 Å². The van der Waals surface area contributed by atoms with Crippen LogP contribution >= 0.6 is 0 Å². The Morgan fingerprint density at radius 3 is 2.68 bits per heavy atom. The summed E-state index contributed by atoms with van der Waals surface area (Å²) in [5, 5.41) is 0. The number of nitrogens with zero attached hydrogens (tertiary/aromatic N) is 1. The van der Waals surface area contributed by atoms with Gasteiger partial charge >= 0.3 is 0 Å². The normalized spacial score (nSPS) is 17.4. The molecule has 0 fully saturated rings. The Labute approximate surface area is 129 Å². The van der Waals surface area contributed by atoms with Gasteiger partial charge < -0.3 is 9.88 Å². The average molecular weight is 296 g/mol. The first-order chi connectivity index (χ1) is 10.6. The number of carbonyl (C=O) groups excluding carboxylic acids is 1. The van der Waals surface area contributed by atoms with E-state index in [1.807, 2.05) is 11.0 Å². The largest absolute Gasteiger partial charge is 0.331 e. The van der Waals surface area contributed by atoms with Crippen LogP contribution in [0.25, 0.3) is 0 Å². The second kappa shape index (κ2) is 5.79. The van der Waals surface area contributed by atoms with Crippen LogP contribution < -0.4 is 5.56 Å². The van der Waals surface area contributed by atoms with Gasteiger partial charge in [0.05, 0.1) is 11.6 Å². The molecular formula is C18H20N2O2. The molecule has 4 heteroatoms. The van der Waals surface area contributed by atoms with Crippen LogP contribution in [0, 0.1) is 5.92 Å². The molecular weight excluding hydrogens is 276 g/mol. The number of rotatable bonds is 2. The van der Waals surface area contributed by atoms with Crippen LogP contribution in [0.4, 0.5) is 0 Å². The second-order valence-electron chi connectivity index (χ2n) is 6.08. The first-order valence-corrected chi connectivity index (χ1v) is 7.65. The fourth-order valence-corrected chi connectivity index (χ4v) is 3.25. The molecule has 1 amide bonds. The molecule has 0 saturated carbocycles. The highest BCUT2D eigenvalue weighted by molar-refractivity contribution is 5.94. The standard InChI is InChI=1S/C18H20N2O2/c1-12(2)17-15-6-4-3-5-13(15)9-10-20(17)18(22)14-7-8-16(21)19-11-14/h3-8,11-12,17H,9-10H2,1-2H3,(H,19,21). The minimum Gasteiger partial charge on any atom is -0.331 e. The maximum atomic E-state index is 12.8. The van der Waals surface area contributed by atoms with E-state index in [0.29, 0.717) is 18.0 Å². The summed E-state index contributed by atoms with van der Waals surface area (Å²) in [6.07, 6.45) is 2.37. The van der Waals surface area contributed by atoms with Crippen molar-refractivity contribution in [2.75, 3.05) is 6.54 Å². The zero-order chi connectivity index (χ0) is 15.7. The summed E-state index contributed by atoms with van der Waals surface area (Å²) in [4.78, 5) is 28.5. The quantitative estimate of drug-likeness (QED) is 0.926. The molecule has 1 aromatic carbocycles. The van der Waals surface area contributed by atoms with Gasteiger partial charge in [0.15, 0.2) is 0 Å². The number of fused-ring (bicyclic) bond motifs is 1. The van der Waals surface area contributed by atoms with Crippen LogP contribution in [0.1, 0.15) is 41.4 Å². The van der Waals surface area contributed by atoms with Crippen molar-refractivity contribution in [2.45, 2.75) is 26.3 Å². The van der Waals surface area contributed by atoms with E-state index in [1.165, 1.54) is 23.4 Å². The Balaban J connectivity index is 1.98. The molecule has 0 aliphatic carbocycles. The first kappa shape index (κ1) is 14.6. The molecule has 1 aliphatic heterocycles. The van der Waals surface area contributed by atoms with Gasteiger partial charge in [-0.2, -0.15) is 0 Å². The lowest BCUT2D eigenvalue weighted by Gasteiger charge is -2.39. The van der Waals surface area contributed by atoms with E-state index in [1.54, 1.807) is 6.07 Å². The van der Waals surface area contributed by atoms with Crippen LogP contribution in [0.15, 0.2) is 47.4 Å². The summed E-state index contributed by atoms with van der Waals surface area (Å²) in [6.45, 7) is 4.98. The van der Waals surface area contributed by atoms with Crippen molar-refractivity contribution in [3.8, 4) is 0 Å². The smallest absolute Gasteiger partial charge is 0.255 e. The van der Waals surface area contributed by atoms with Gasteiger partial charge in [-0.25, -0.2) is 0 Å². The zero-order valence-corrected chi connectivity index (χ0v) is 12.9. The van der Waals surface area contributed by atoms with Crippen molar-refractivity contribution < 1.29 is 4.79 Å². The molecule has 1 aliphatic rings. The Morgan fingerprint density at radius 1 is 1.23 bits per heavy atom. The summed E-state index contributed by atoms with van der Waals surface area (Å²) < 4.78 is 0. The van der Waals surface area contributed by atoms with E-state index in [0.717, 1.165) is 6.42 Å². The lowest BCUT2D eigenvalue weighted by atomic mass is 9.86. The van der Waals surface area contributed by atoms with E-state index < -0.39 is 0 Å². The summed E-state index contributed by atoms with van der Waals surface area (Å²) >= 11 is 0. The third-order valence-electron chi connectivity index (χ3n) is 4.26. The predicted octanol–water partition coefficient (Wildman–Crippen LogP) is 2.77. The van der Waals surface area contributed by atoms with Gasteiger partial charge in [0.2, 0.25) is 5.56 Å². The Morgan fingerprint density at radius 2 is 2.00 bits per heavy atom. The van der Waals surface area contributed by atoms with Gasteiger partial charge in [-0.05, 0) is 29.5 Å². The van der Waals surface area contributed by atoms with E-state index in [2.05, 4.69) is 37.0 Å². The number of hydrogen-bond donors (Lipinski definition) is 1. The number of aromatic nitrogens is 1. The van der Waals surface area contributed by atoms with Crippen molar-refractivity contribution >= 4 is 5.91 Å². The molecule has 0 saturated heterocycles. The predicted molar refractivity (Wildman–Crippen MR) is 85.8 cm³/mol. The minimum atomic E-state index is -0.194. The molecule has 4 nitrogen and oxygen atoms in total. The third-order valence-corrected chi connectivity index (χ3v) is 4.26. The molecule has 2 heterocycles. The lowest BCUT2D eigenvalue weighted by Crippen LogP contribution is -2.42. The van der Waals surface area contributed by atoms with Gasteiger partial charge in [0.1, 0.15) is 0 Å². The number of nitrogens with one attached hydrogen (secondary N) is 1. The molecule has 2 aromatic rings. The monoisotopic (exact) mass is 296 g/mol. The minimum absolute atomic E-state index is 0.0237. The van der Waals surface area contributed by atoms with Gasteiger partial charge in [0.25, 0.3) is 5.91 Å². The number of pyridine rings is 1. The molecule has 0 spiro atoms. The number of hydrogen-bond acceptors (Lipinski definition) is 2. The highest BCUT2D eigenvalue weighted by Gasteiger charge is 2.33. The maximum absolute atomic E-state index is 12.8. The van der Waals surface area contributed by atoms with E-state index >= 15 is 0 Å². The Kier molecular flexibility index (Phi) is 3.84. The zero-order valence-electron chi connectivity index (χ0n) is 12.9. The summed E-state index contributed by atoms with van der Waals surface area (Å²) in [5.74, 6) is 0.303. The van der Waals surface area contributed by atoms with Gasteiger partial charge in [-0.3, -0.25) is 9.59 Å². The maximum Gasteiger partial charge on any atom is 0.255 e. The SMILES string of the molecule is CC(C)C1c2ccccc2CCN1C(=O)c1ccc(=O)[nH]c1. The van der Waals surface area contributed by atoms with E-state index in [-0.39, 0.29) is 17.5 Å². The molecule has 1 N–H and O–H groups in total. The molecule has 0 bridgehead atoms. The molecule has 22 heavy (non-hydrogen) atoms. The highest BCUT2D eigenvalue weighted by atomic mass is 16.2. The van der Waals surface area contributed by atoms with Crippen molar-refractivity contribution in [2.24, 2.45) is 5.92 Å². The molecule has 3 rings (SSSR count). The number of aromatic amines is 1. The summed E-state index contributed by atoms with van der Waals surface area (Å²) in [7, 11) is 0. The van der Waals surface area contributed by atoms with E-state index in [4.69, 9.17) is 0 Å². The highest BCUT2D eigenvalue weighted by Crippen LogP contribution is 2.35. The van der Waals surface area contributed by atoms with E-state index in [9.17, 15) is 9.59 Å². The van der Waals surface area contributed by atoms with Crippen molar-refractivity contribution in [3.63, 3.8) is 0 Å². The fraction of sp³-hybridized carbons (Fsp3) is 0.333. The molecule has 1 unspecified atom stereocenters. The molecule has 1 atom stereocenters. The number of carbonyl (C=O) groups is 1. The van der Waals surface area contributed by atoms with Crippen molar-refractivity contribution in [1.29, 1.82) is 0 Å².